The highest BCUT2D eigenvalue weighted by Crippen LogP contribution is 2.15. The maximum Gasteiger partial charge on any atom is 0.352 e. The molecule has 0 saturated heterocycles. The Morgan fingerprint density at radius 3 is 2.75 bits per heavy atom. The highest BCUT2D eigenvalue weighted by atomic mass is 19.3. The summed E-state index contributed by atoms with van der Waals surface area (Å²) in [7, 11) is 0. The summed E-state index contributed by atoms with van der Waals surface area (Å²) in [5, 5.41) is 8.48. The van der Waals surface area contributed by atoms with E-state index in [1.165, 1.54) is 12.2 Å². The van der Waals surface area contributed by atoms with E-state index in [0.717, 1.165) is 6.08 Å². The zero-order valence-electron chi connectivity index (χ0n) is 6.08. The summed E-state index contributed by atoms with van der Waals surface area (Å²) >= 11 is 0. The van der Waals surface area contributed by atoms with Crippen LogP contribution in [0.3, 0.4) is 0 Å². The van der Waals surface area contributed by atoms with Crippen LogP contribution in [0.4, 0.5) is 8.78 Å². The minimum absolute atomic E-state index is 0.0597. The molecule has 66 valence electrons. The van der Waals surface area contributed by atoms with Gasteiger partial charge >= 0.3 is 12.5 Å². The van der Waals surface area contributed by atoms with E-state index in [9.17, 15) is 13.6 Å². The Labute approximate surface area is 67.6 Å². The maximum atomic E-state index is 12.1. The molecule has 0 aliphatic carbocycles. The maximum absolute atomic E-state index is 12.1. The number of carbonyl (C=O) groups is 1. The van der Waals surface area contributed by atoms with Crippen molar-refractivity contribution in [2.24, 2.45) is 0 Å². The molecule has 0 aromatic carbocycles. The molecular formula is C7H7F2NO2. The van der Waals surface area contributed by atoms with Crippen molar-refractivity contribution in [1.29, 1.82) is 0 Å². The molecule has 1 aliphatic rings. The number of hydrogen-bond donors (Lipinski definition) is 1. The van der Waals surface area contributed by atoms with Gasteiger partial charge in [0.05, 0.1) is 0 Å². The molecule has 0 spiro atoms. The summed E-state index contributed by atoms with van der Waals surface area (Å²) in [5.74, 6) is -1.33. The first-order valence-electron chi connectivity index (χ1n) is 3.28. The summed E-state index contributed by atoms with van der Waals surface area (Å²) in [5.41, 5.74) is -0.368. The predicted octanol–water partition coefficient (Wildman–Crippen LogP) is 1.05. The number of hydrogen-bond acceptors (Lipinski definition) is 2. The highest BCUT2D eigenvalue weighted by molar-refractivity contribution is 5.86. The van der Waals surface area contributed by atoms with Crippen molar-refractivity contribution in [2.45, 2.75) is 6.55 Å². The van der Waals surface area contributed by atoms with Crippen molar-refractivity contribution < 1.29 is 18.7 Å². The Morgan fingerprint density at radius 2 is 2.33 bits per heavy atom. The first-order chi connectivity index (χ1) is 5.63. The van der Waals surface area contributed by atoms with Gasteiger partial charge in [-0.2, -0.15) is 8.78 Å². The second-order valence-corrected chi connectivity index (χ2v) is 2.22. The van der Waals surface area contributed by atoms with Gasteiger partial charge in [0, 0.05) is 6.54 Å². The SMILES string of the molecule is O=C(O)C1=CC=CCN1C(F)F. The second kappa shape index (κ2) is 3.34. The molecule has 0 atom stereocenters. The molecule has 3 nitrogen and oxygen atoms in total. The topological polar surface area (TPSA) is 40.5 Å². The van der Waals surface area contributed by atoms with Gasteiger partial charge in [0.25, 0.3) is 0 Å². The van der Waals surface area contributed by atoms with Gasteiger partial charge < -0.3 is 10.0 Å². The fraction of sp³-hybridized carbons (Fsp3) is 0.286. The second-order valence-electron chi connectivity index (χ2n) is 2.22. The lowest BCUT2D eigenvalue weighted by molar-refractivity contribution is -0.136. The predicted molar refractivity (Wildman–Crippen MR) is 37.6 cm³/mol. The van der Waals surface area contributed by atoms with Gasteiger partial charge in [0.1, 0.15) is 5.70 Å². The van der Waals surface area contributed by atoms with E-state index in [4.69, 9.17) is 5.11 Å². The Kier molecular flexibility index (Phi) is 2.42. The molecule has 0 aromatic rings. The van der Waals surface area contributed by atoms with Crippen LogP contribution in [0.5, 0.6) is 0 Å². The number of rotatable bonds is 2. The number of aliphatic carboxylic acids is 1. The van der Waals surface area contributed by atoms with E-state index < -0.39 is 12.5 Å². The van der Waals surface area contributed by atoms with E-state index in [0.29, 0.717) is 4.90 Å². The van der Waals surface area contributed by atoms with Gasteiger partial charge in [-0.15, -0.1) is 0 Å². The molecule has 1 N–H and O–H groups in total. The standard InChI is InChI=1S/C7H7F2NO2/c8-7(9)10-4-2-1-3-5(10)6(11)12/h1-3,7H,4H2,(H,11,12). The van der Waals surface area contributed by atoms with Crippen LogP contribution in [0.25, 0.3) is 0 Å². The van der Waals surface area contributed by atoms with Crippen LogP contribution in [0, 0.1) is 0 Å². The van der Waals surface area contributed by atoms with Crippen molar-refractivity contribution in [3.05, 3.63) is 23.9 Å². The van der Waals surface area contributed by atoms with Gasteiger partial charge in [0.15, 0.2) is 0 Å². The van der Waals surface area contributed by atoms with Crippen LogP contribution in [0.2, 0.25) is 0 Å². The third kappa shape index (κ3) is 1.61. The Bertz CT molecular complexity index is 248. The van der Waals surface area contributed by atoms with Crippen LogP contribution in [-0.4, -0.2) is 29.1 Å². The number of alkyl halides is 2. The summed E-state index contributed by atoms with van der Waals surface area (Å²) in [4.78, 5) is 10.9. The van der Waals surface area contributed by atoms with Crippen LogP contribution >= 0.6 is 0 Å². The van der Waals surface area contributed by atoms with E-state index in [1.807, 2.05) is 0 Å². The number of halogens is 2. The van der Waals surface area contributed by atoms with E-state index in [2.05, 4.69) is 0 Å². The van der Waals surface area contributed by atoms with E-state index >= 15 is 0 Å². The zero-order valence-corrected chi connectivity index (χ0v) is 6.08. The first kappa shape index (κ1) is 8.70. The molecule has 0 radical (unpaired) electrons. The molecule has 0 unspecified atom stereocenters. The first-order valence-corrected chi connectivity index (χ1v) is 3.28. The Balaban J connectivity index is 2.84. The molecule has 0 aromatic heterocycles. The van der Waals surface area contributed by atoms with Gasteiger partial charge in [-0.05, 0) is 6.08 Å². The van der Waals surface area contributed by atoms with Gasteiger partial charge in [0.2, 0.25) is 0 Å². The molecular weight excluding hydrogens is 168 g/mol. The lowest BCUT2D eigenvalue weighted by Crippen LogP contribution is -2.33. The van der Waals surface area contributed by atoms with Crippen LogP contribution in [0.1, 0.15) is 0 Å². The summed E-state index contributed by atoms with van der Waals surface area (Å²) in [6.07, 6.45) is 4.07. The lowest BCUT2D eigenvalue weighted by Gasteiger charge is -2.23. The zero-order chi connectivity index (χ0) is 9.14. The monoisotopic (exact) mass is 175 g/mol. The molecule has 0 fully saturated rings. The summed E-state index contributed by atoms with van der Waals surface area (Å²) in [6, 6.07) is 0. The molecule has 1 rings (SSSR count). The Morgan fingerprint density at radius 1 is 1.67 bits per heavy atom. The fourth-order valence-corrected chi connectivity index (χ4v) is 0.907. The number of nitrogens with zero attached hydrogens (tertiary/aromatic N) is 1. The average molecular weight is 175 g/mol. The number of carboxylic acid groups (broad SMARTS) is 1. The van der Waals surface area contributed by atoms with E-state index in [-0.39, 0.29) is 12.2 Å². The normalized spacial score (nSPS) is 16.6. The fourth-order valence-electron chi connectivity index (χ4n) is 0.907. The van der Waals surface area contributed by atoms with Crippen LogP contribution in [0.15, 0.2) is 23.9 Å². The van der Waals surface area contributed by atoms with Crippen molar-refractivity contribution in [3.8, 4) is 0 Å². The van der Waals surface area contributed by atoms with Gasteiger partial charge in [-0.3, -0.25) is 0 Å². The molecule has 0 amide bonds. The van der Waals surface area contributed by atoms with Crippen molar-refractivity contribution in [3.63, 3.8) is 0 Å². The number of allylic oxidation sites excluding steroid dienone is 2. The number of carboxylic acids is 1. The molecule has 5 heteroatoms. The van der Waals surface area contributed by atoms with Crippen molar-refractivity contribution >= 4 is 5.97 Å². The molecule has 0 saturated carbocycles. The quantitative estimate of drug-likeness (QED) is 0.637. The Hall–Kier alpha value is -1.39. The summed E-state index contributed by atoms with van der Waals surface area (Å²) < 4.78 is 24.2. The largest absolute Gasteiger partial charge is 0.477 e. The van der Waals surface area contributed by atoms with Crippen molar-refractivity contribution in [2.75, 3.05) is 6.54 Å². The van der Waals surface area contributed by atoms with Gasteiger partial charge in [-0.1, -0.05) is 12.2 Å². The molecule has 1 aliphatic heterocycles. The van der Waals surface area contributed by atoms with Crippen LogP contribution < -0.4 is 0 Å². The van der Waals surface area contributed by atoms with E-state index in [1.54, 1.807) is 0 Å². The molecule has 12 heavy (non-hydrogen) atoms. The minimum Gasteiger partial charge on any atom is -0.477 e. The third-order valence-corrected chi connectivity index (χ3v) is 1.46. The smallest absolute Gasteiger partial charge is 0.352 e. The van der Waals surface area contributed by atoms with Gasteiger partial charge in [-0.25, -0.2) is 4.79 Å². The molecule has 0 bridgehead atoms. The molecule has 1 heterocycles. The third-order valence-electron chi connectivity index (χ3n) is 1.46. The minimum atomic E-state index is -2.77. The van der Waals surface area contributed by atoms with Crippen molar-refractivity contribution in [1.82, 2.24) is 4.90 Å². The summed E-state index contributed by atoms with van der Waals surface area (Å²) in [6.45, 7) is -2.83. The average Bonchev–Trinajstić information content (AvgIpc) is 2.04. The van der Waals surface area contributed by atoms with Crippen LogP contribution in [-0.2, 0) is 4.79 Å². The highest BCUT2D eigenvalue weighted by Gasteiger charge is 2.23. The lowest BCUT2D eigenvalue weighted by atomic mass is 10.2.